The summed E-state index contributed by atoms with van der Waals surface area (Å²) >= 11 is 1.59. The van der Waals surface area contributed by atoms with Crippen LogP contribution in [-0.4, -0.2) is 37.3 Å². The van der Waals surface area contributed by atoms with Gasteiger partial charge in [-0.25, -0.2) is 9.18 Å². The van der Waals surface area contributed by atoms with Crippen LogP contribution in [0.15, 0.2) is 35.3 Å². The quantitative estimate of drug-likeness (QED) is 0.772. The Morgan fingerprint density at radius 2 is 2.10 bits per heavy atom. The van der Waals surface area contributed by atoms with E-state index in [4.69, 9.17) is 9.47 Å². The lowest BCUT2D eigenvalue weighted by atomic mass is 10.1. The topological polar surface area (TPSA) is 62.8 Å². The smallest absolute Gasteiger partial charge is 0.414 e. The number of benzene rings is 1. The van der Waals surface area contributed by atoms with E-state index in [9.17, 15) is 9.18 Å². The summed E-state index contributed by atoms with van der Waals surface area (Å²) in [5, 5.41) is 8.70. The maximum absolute atomic E-state index is 14.0. The van der Waals surface area contributed by atoms with Crippen molar-refractivity contribution in [3.63, 3.8) is 0 Å². The molecule has 1 aromatic heterocycles. The molecule has 1 saturated heterocycles. The fourth-order valence-electron chi connectivity index (χ4n) is 3.67. The monoisotopic (exact) mass is 417 g/mol. The molecule has 2 aliphatic rings. The fourth-order valence-corrected chi connectivity index (χ4v) is 4.54. The van der Waals surface area contributed by atoms with Gasteiger partial charge in [0.2, 0.25) is 0 Å². The molecule has 1 aromatic carbocycles. The summed E-state index contributed by atoms with van der Waals surface area (Å²) < 4.78 is 25.0. The van der Waals surface area contributed by atoms with Crippen LogP contribution >= 0.6 is 11.3 Å². The highest BCUT2D eigenvalue weighted by Crippen LogP contribution is 2.38. The maximum Gasteiger partial charge on any atom is 0.414 e. The number of piperidine rings is 1. The zero-order chi connectivity index (χ0) is 20.4. The number of halogens is 1. The van der Waals surface area contributed by atoms with Crippen molar-refractivity contribution in [3.05, 3.63) is 51.6 Å². The second kappa shape index (κ2) is 8.42. The van der Waals surface area contributed by atoms with Crippen molar-refractivity contribution in [2.24, 2.45) is 0 Å². The lowest BCUT2D eigenvalue weighted by Crippen LogP contribution is -2.34. The Hall–Kier alpha value is -2.58. The van der Waals surface area contributed by atoms with Gasteiger partial charge in [-0.05, 0) is 56.4 Å². The van der Waals surface area contributed by atoms with Crippen LogP contribution in [0.25, 0.3) is 5.70 Å². The third kappa shape index (κ3) is 4.09. The summed E-state index contributed by atoms with van der Waals surface area (Å²) in [5.41, 5.74) is 3.24. The molecule has 29 heavy (non-hydrogen) atoms. The number of rotatable bonds is 4. The highest BCUT2D eigenvalue weighted by Gasteiger charge is 2.29. The number of carbonyl (C=O) groups is 1. The number of hydrogen-bond donors (Lipinski definition) is 2. The van der Waals surface area contributed by atoms with Crippen molar-refractivity contribution < 1.29 is 18.7 Å². The molecule has 0 aliphatic carbocycles. The average Bonchev–Trinajstić information content (AvgIpc) is 3.20. The summed E-state index contributed by atoms with van der Waals surface area (Å²) in [6.07, 6.45) is 1.39. The highest BCUT2D eigenvalue weighted by atomic mass is 32.1. The molecule has 2 aromatic rings. The van der Waals surface area contributed by atoms with E-state index >= 15 is 0 Å². The summed E-state index contributed by atoms with van der Waals surface area (Å²) in [5.74, 6) is 0.130. The van der Waals surface area contributed by atoms with Crippen LogP contribution in [-0.2, 0) is 11.3 Å². The molecule has 3 heterocycles. The number of ether oxygens (including phenoxy) is 2. The van der Waals surface area contributed by atoms with Gasteiger partial charge >= 0.3 is 6.09 Å². The van der Waals surface area contributed by atoms with E-state index in [-0.39, 0.29) is 11.9 Å². The molecule has 0 atom stereocenters. The molecule has 4 rings (SSSR count). The van der Waals surface area contributed by atoms with Gasteiger partial charge in [-0.1, -0.05) is 0 Å². The van der Waals surface area contributed by atoms with Crippen molar-refractivity contribution in [3.8, 4) is 5.75 Å². The Morgan fingerprint density at radius 1 is 1.31 bits per heavy atom. The van der Waals surface area contributed by atoms with Crippen molar-refractivity contribution in [1.29, 1.82) is 0 Å². The molecule has 0 saturated carbocycles. The Morgan fingerprint density at radius 3 is 2.86 bits per heavy atom. The van der Waals surface area contributed by atoms with Crippen molar-refractivity contribution in [1.82, 2.24) is 10.2 Å². The molecule has 0 unspecified atom stereocenters. The zero-order valence-electron chi connectivity index (χ0n) is 16.5. The number of amides is 1. The lowest BCUT2D eigenvalue weighted by Gasteiger charge is -2.30. The van der Waals surface area contributed by atoms with Crippen LogP contribution in [0.5, 0.6) is 5.75 Å². The first-order valence-corrected chi connectivity index (χ1v) is 10.5. The minimum atomic E-state index is -0.411. The second-order valence-electron chi connectivity index (χ2n) is 7.11. The summed E-state index contributed by atoms with van der Waals surface area (Å²) in [7, 11) is 1.37. The van der Waals surface area contributed by atoms with Crippen molar-refractivity contribution >= 4 is 28.8 Å². The van der Waals surface area contributed by atoms with Crippen molar-refractivity contribution in [2.75, 3.05) is 25.5 Å². The van der Waals surface area contributed by atoms with E-state index in [1.807, 2.05) is 18.4 Å². The largest absolute Gasteiger partial charge is 0.488 e. The first-order valence-electron chi connectivity index (χ1n) is 9.64. The zero-order valence-corrected chi connectivity index (χ0v) is 17.3. The molecule has 154 valence electrons. The van der Waals surface area contributed by atoms with E-state index in [2.05, 4.69) is 10.6 Å². The number of fused-ring (bicyclic) bond motifs is 1. The maximum atomic E-state index is 14.0. The van der Waals surface area contributed by atoms with Crippen LogP contribution in [0.1, 0.15) is 30.2 Å². The number of allylic oxidation sites excluding steroid dienone is 1. The van der Waals surface area contributed by atoms with Gasteiger partial charge in [-0.2, -0.15) is 0 Å². The Kier molecular flexibility index (Phi) is 5.73. The minimum absolute atomic E-state index is 0.0447. The summed E-state index contributed by atoms with van der Waals surface area (Å²) in [6.45, 7) is 4.12. The number of methoxy groups -OCH3 is 1. The minimum Gasteiger partial charge on any atom is -0.488 e. The predicted octanol–water partition coefficient (Wildman–Crippen LogP) is 4.40. The molecular formula is C21H24FN3O3S. The molecule has 0 radical (unpaired) electrons. The first kappa shape index (κ1) is 19.7. The van der Waals surface area contributed by atoms with E-state index in [1.54, 1.807) is 22.3 Å². The predicted molar refractivity (Wildman–Crippen MR) is 111 cm³/mol. The number of carbonyl (C=O) groups excluding carboxylic acids is 1. The Bertz CT molecular complexity index is 937. The number of thiophene rings is 1. The van der Waals surface area contributed by atoms with E-state index in [0.717, 1.165) is 47.8 Å². The van der Waals surface area contributed by atoms with Gasteiger partial charge in [0.1, 0.15) is 17.7 Å². The van der Waals surface area contributed by atoms with E-state index < -0.39 is 6.09 Å². The molecule has 0 bridgehead atoms. The fraction of sp³-hybridized carbons (Fsp3) is 0.381. The molecule has 6 nitrogen and oxygen atoms in total. The Balaban J connectivity index is 1.67. The van der Waals surface area contributed by atoms with Crippen LogP contribution in [0, 0.1) is 5.82 Å². The third-order valence-electron chi connectivity index (χ3n) is 5.26. The van der Waals surface area contributed by atoms with Gasteiger partial charge in [-0.3, -0.25) is 4.90 Å². The molecule has 0 spiro atoms. The summed E-state index contributed by atoms with van der Waals surface area (Å²) in [4.78, 5) is 14.9. The Labute approximate surface area is 173 Å². The molecule has 8 heteroatoms. The number of nitrogens with one attached hydrogen (secondary N) is 2. The second-order valence-corrected chi connectivity index (χ2v) is 8.11. The normalized spacial score (nSPS) is 17.1. The van der Waals surface area contributed by atoms with Gasteiger partial charge < -0.3 is 20.1 Å². The van der Waals surface area contributed by atoms with Gasteiger partial charge in [0.15, 0.2) is 0 Å². The van der Waals surface area contributed by atoms with Crippen LogP contribution in [0.3, 0.4) is 0 Å². The van der Waals surface area contributed by atoms with Gasteiger partial charge in [0.05, 0.1) is 25.0 Å². The third-order valence-corrected chi connectivity index (χ3v) is 6.17. The van der Waals surface area contributed by atoms with E-state index in [1.165, 1.54) is 19.2 Å². The number of anilines is 1. The highest BCUT2D eigenvalue weighted by molar-refractivity contribution is 7.10. The average molecular weight is 418 g/mol. The molecular weight excluding hydrogens is 393 g/mol. The number of hydrogen-bond acceptors (Lipinski definition) is 6. The molecule has 2 N–H and O–H groups in total. The van der Waals surface area contributed by atoms with Crippen molar-refractivity contribution in [2.45, 2.75) is 32.4 Å². The standard InChI is InChI=1S/C21H24FN3O3S/c1-13-20(16-7-10-29-19(16)12-25(13)21(26)27-2)24-17-4-3-14(22)11-18(17)28-15-5-8-23-9-6-15/h3-4,7,10-11,15,23-24H,5-6,8-9,12H2,1-2H3. The first-order chi connectivity index (χ1) is 14.1. The van der Waals surface area contributed by atoms with Gasteiger partial charge in [0, 0.05) is 22.2 Å². The molecule has 1 fully saturated rings. The molecule has 1 amide bonds. The van der Waals surface area contributed by atoms with Crippen LogP contribution in [0.2, 0.25) is 0 Å². The van der Waals surface area contributed by atoms with E-state index in [0.29, 0.717) is 18.0 Å². The number of nitrogens with zero attached hydrogens (tertiary/aromatic N) is 1. The molecule has 2 aliphatic heterocycles. The van der Waals surface area contributed by atoms with Crippen LogP contribution in [0.4, 0.5) is 14.9 Å². The summed E-state index contributed by atoms with van der Waals surface area (Å²) in [6, 6.07) is 6.52. The lowest BCUT2D eigenvalue weighted by molar-refractivity contribution is 0.133. The van der Waals surface area contributed by atoms with Gasteiger partial charge in [0.25, 0.3) is 0 Å². The van der Waals surface area contributed by atoms with Gasteiger partial charge in [-0.15, -0.1) is 11.3 Å². The van der Waals surface area contributed by atoms with Crippen LogP contribution < -0.4 is 15.4 Å². The SMILES string of the molecule is COC(=O)N1Cc2sccc2C(Nc2ccc(F)cc2OC2CCNCC2)=C1C.